The van der Waals surface area contributed by atoms with Crippen molar-refractivity contribution in [3.63, 3.8) is 0 Å². The van der Waals surface area contributed by atoms with Gasteiger partial charge in [0.25, 0.3) is 0 Å². The summed E-state index contributed by atoms with van der Waals surface area (Å²) in [5.41, 5.74) is 1.25. The van der Waals surface area contributed by atoms with Crippen LogP contribution in [0.2, 0.25) is 0 Å². The summed E-state index contributed by atoms with van der Waals surface area (Å²) in [6.45, 7) is 8.75. The molecule has 1 aliphatic rings. The van der Waals surface area contributed by atoms with Crippen molar-refractivity contribution >= 4 is 11.6 Å². The summed E-state index contributed by atoms with van der Waals surface area (Å²) in [5, 5.41) is 0. The van der Waals surface area contributed by atoms with Crippen molar-refractivity contribution in [3.05, 3.63) is 30.3 Å². The van der Waals surface area contributed by atoms with Crippen LogP contribution in [-0.4, -0.2) is 36.5 Å². The summed E-state index contributed by atoms with van der Waals surface area (Å²) in [6, 6.07) is 10.7. The summed E-state index contributed by atoms with van der Waals surface area (Å²) in [6.07, 6.45) is 0. The van der Waals surface area contributed by atoms with E-state index in [2.05, 4.69) is 36.1 Å². The molecule has 1 atom stereocenters. The quantitative estimate of drug-likeness (QED) is 0.800. The van der Waals surface area contributed by atoms with Gasteiger partial charge >= 0.3 is 0 Å². The molecule has 0 aromatic heterocycles. The Morgan fingerprint density at radius 1 is 1.22 bits per heavy atom. The van der Waals surface area contributed by atoms with E-state index in [1.165, 1.54) is 5.69 Å². The molecule has 1 aromatic carbocycles. The molecule has 1 amide bonds. The predicted molar refractivity (Wildman–Crippen MR) is 74.7 cm³/mol. The third-order valence-corrected chi connectivity index (χ3v) is 3.53. The van der Waals surface area contributed by atoms with Gasteiger partial charge in [-0.3, -0.25) is 4.79 Å². The normalized spacial score (nSPS) is 20.3. The first-order valence-electron chi connectivity index (χ1n) is 6.70. The van der Waals surface area contributed by atoms with E-state index in [4.69, 9.17) is 0 Å². The van der Waals surface area contributed by atoms with Gasteiger partial charge in [-0.05, 0) is 19.1 Å². The number of amides is 1. The third-order valence-electron chi connectivity index (χ3n) is 3.53. The highest BCUT2D eigenvalue weighted by molar-refractivity contribution is 5.78. The molecule has 0 spiro atoms. The molecule has 18 heavy (non-hydrogen) atoms. The molecule has 1 aliphatic heterocycles. The Hall–Kier alpha value is -1.51. The van der Waals surface area contributed by atoms with Gasteiger partial charge in [0, 0.05) is 37.3 Å². The molecule has 1 aromatic rings. The Bertz CT molecular complexity index is 402. The van der Waals surface area contributed by atoms with E-state index in [0.29, 0.717) is 0 Å². The molecule has 1 heterocycles. The van der Waals surface area contributed by atoms with E-state index in [1.807, 2.05) is 24.8 Å². The fourth-order valence-electron chi connectivity index (χ4n) is 2.49. The molecular formula is C15H22N2O. The standard InChI is InChI=1S/C15H22N2O/c1-12(2)15(18)17-10-9-16(11-13(17)3)14-7-5-4-6-8-14/h4-8,12-13H,9-11H2,1-3H3/t13-/m1/s1. The summed E-state index contributed by atoms with van der Waals surface area (Å²) in [4.78, 5) is 16.4. The molecule has 2 rings (SSSR count). The minimum absolute atomic E-state index is 0.0933. The summed E-state index contributed by atoms with van der Waals surface area (Å²) >= 11 is 0. The zero-order valence-electron chi connectivity index (χ0n) is 11.5. The monoisotopic (exact) mass is 246 g/mol. The lowest BCUT2D eigenvalue weighted by molar-refractivity contribution is -0.136. The van der Waals surface area contributed by atoms with Crippen molar-refractivity contribution in [2.45, 2.75) is 26.8 Å². The number of carbonyl (C=O) groups is 1. The van der Waals surface area contributed by atoms with Crippen LogP contribution in [0, 0.1) is 5.92 Å². The van der Waals surface area contributed by atoms with E-state index >= 15 is 0 Å². The summed E-state index contributed by atoms with van der Waals surface area (Å²) in [5.74, 6) is 0.367. The molecule has 0 N–H and O–H groups in total. The van der Waals surface area contributed by atoms with Crippen LogP contribution in [0.15, 0.2) is 30.3 Å². The van der Waals surface area contributed by atoms with Crippen molar-refractivity contribution < 1.29 is 4.79 Å². The number of hydrogen-bond acceptors (Lipinski definition) is 2. The van der Waals surface area contributed by atoms with Crippen LogP contribution < -0.4 is 4.90 Å². The van der Waals surface area contributed by atoms with E-state index in [9.17, 15) is 4.79 Å². The van der Waals surface area contributed by atoms with Crippen LogP contribution in [0.25, 0.3) is 0 Å². The SMILES string of the molecule is CC(C)C(=O)N1CCN(c2ccccc2)C[C@H]1C. The zero-order chi connectivity index (χ0) is 13.1. The molecule has 1 saturated heterocycles. The molecule has 0 radical (unpaired) electrons. The molecule has 98 valence electrons. The molecule has 0 bridgehead atoms. The number of para-hydroxylation sites is 1. The first-order chi connectivity index (χ1) is 8.59. The smallest absolute Gasteiger partial charge is 0.225 e. The number of nitrogens with zero attached hydrogens (tertiary/aromatic N) is 2. The van der Waals surface area contributed by atoms with Crippen molar-refractivity contribution in [1.82, 2.24) is 4.90 Å². The Balaban J connectivity index is 2.03. The van der Waals surface area contributed by atoms with Crippen molar-refractivity contribution in [2.75, 3.05) is 24.5 Å². The van der Waals surface area contributed by atoms with Crippen LogP contribution >= 0.6 is 0 Å². The number of hydrogen-bond donors (Lipinski definition) is 0. The molecule has 3 heteroatoms. The van der Waals surface area contributed by atoms with Crippen molar-refractivity contribution in [3.8, 4) is 0 Å². The van der Waals surface area contributed by atoms with Gasteiger partial charge < -0.3 is 9.80 Å². The van der Waals surface area contributed by atoms with E-state index in [0.717, 1.165) is 19.6 Å². The Morgan fingerprint density at radius 2 is 1.89 bits per heavy atom. The topological polar surface area (TPSA) is 23.6 Å². The third kappa shape index (κ3) is 2.66. The highest BCUT2D eigenvalue weighted by Crippen LogP contribution is 2.19. The van der Waals surface area contributed by atoms with Gasteiger partial charge in [0.1, 0.15) is 0 Å². The lowest BCUT2D eigenvalue weighted by Crippen LogP contribution is -2.55. The van der Waals surface area contributed by atoms with Crippen LogP contribution in [0.4, 0.5) is 5.69 Å². The second kappa shape index (κ2) is 5.42. The van der Waals surface area contributed by atoms with Crippen molar-refractivity contribution in [1.29, 1.82) is 0 Å². The fraction of sp³-hybridized carbons (Fsp3) is 0.533. The first kappa shape index (κ1) is 12.9. The van der Waals surface area contributed by atoms with Crippen LogP contribution in [0.3, 0.4) is 0 Å². The lowest BCUT2D eigenvalue weighted by Gasteiger charge is -2.41. The van der Waals surface area contributed by atoms with E-state index in [1.54, 1.807) is 0 Å². The van der Waals surface area contributed by atoms with Gasteiger partial charge in [0.2, 0.25) is 5.91 Å². The van der Waals surface area contributed by atoms with Crippen LogP contribution in [-0.2, 0) is 4.79 Å². The highest BCUT2D eigenvalue weighted by Gasteiger charge is 2.28. The summed E-state index contributed by atoms with van der Waals surface area (Å²) < 4.78 is 0. The van der Waals surface area contributed by atoms with Gasteiger partial charge in [-0.15, -0.1) is 0 Å². The van der Waals surface area contributed by atoms with Gasteiger partial charge in [0.15, 0.2) is 0 Å². The second-order valence-corrected chi connectivity index (χ2v) is 5.32. The van der Waals surface area contributed by atoms with Gasteiger partial charge in [-0.2, -0.15) is 0 Å². The minimum Gasteiger partial charge on any atom is -0.368 e. The number of benzene rings is 1. The average molecular weight is 246 g/mol. The largest absolute Gasteiger partial charge is 0.368 e. The Kier molecular flexibility index (Phi) is 3.90. The molecule has 3 nitrogen and oxygen atoms in total. The van der Waals surface area contributed by atoms with Crippen molar-refractivity contribution in [2.24, 2.45) is 5.92 Å². The van der Waals surface area contributed by atoms with Crippen LogP contribution in [0.1, 0.15) is 20.8 Å². The number of carbonyl (C=O) groups excluding carboxylic acids is 1. The van der Waals surface area contributed by atoms with E-state index < -0.39 is 0 Å². The second-order valence-electron chi connectivity index (χ2n) is 5.32. The van der Waals surface area contributed by atoms with Crippen LogP contribution in [0.5, 0.6) is 0 Å². The van der Waals surface area contributed by atoms with Gasteiger partial charge in [-0.25, -0.2) is 0 Å². The van der Waals surface area contributed by atoms with Gasteiger partial charge in [0.05, 0.1) is 0 Å². The molecule has 0 unspecified atom stereocenters. The number of piperazine rings is 1. The zero-order valence-corrected chi connectivity index (χ0v) is 11.5. The molecule has 0 saturated carbocycles. The molecule has 1 fully saturated rings. The predicted octanol–water partition coefficient (Wildman–Crippen LogP) is 2.38. The minimum atomic E-state index is 0.0933. The average Bonchev–Trinajstić information content (AvgIpc) is 2.38. The Morgan fingerprint density at radius 3 is 2.44 bits per heavy atom. The Labute approximate surface area is 109 Å². The molecule has 0 aliphatic carbocycles. The summed E-state index contributed by atoms with van der Waals surface area (Å²) in [7, 11) is 0. The van der Waals surface area contributed by atoms with Gasteiger partial charge in [-0.1, -0.05) is 32.0 Å². The lowest BCUT2D eigenvalue weighted by atomic mass is 10.1. The number of anilines is 1. The number of rotatable bonds is 2. The first-order valence-corrected chi connectivity index (χ1v) is 6.70. The highest BCUT2D eigenvalue weighted by atomic mass is 16.2. The maximum absolute atomic E-state index is 12.1. The maximum atomic E-state index is 12.1. The molecular weight excluding hydrogens is 224 g/mol. The fourth-order valence-corrected chi connectivity index (χ4v) is 2.49. The maximum Gasteiger partial charge on any atom is 0.225 e. The van der Waals surface area contributed by atoms with E-state index in [-0.39, 0.29) is 17.9 Å².